The van der Waals surface area contributed by atoms with Crippen LogP contribution in [0.2, 0.25) is 0 Å². The Morgan fingerprint density at radius 2 is 1.68 bits per heavy atom. The van der Waals surface area contributed by atoms with E-state index in [4.69, 9.17) is 17.0 Å². The van der Waals surface area contributed by atoms with Gasteiger partial charge in [-0.1, -0.05) is 51.1 Å². The molecule has 5 nitrogen and oxygen atoms in total. The van der Waals surface area contributed by atoms with Crippen molar-refractivity contribution in [3.63, 3.8) is 0 Å². The fourth-order valence-corrected chi connectivity index (χ4v) is 4.58. The third-order valence-corrected chi connectivity index (χ3v) is 6.80. The molecule has 1 atom stereocenters. The number of carbonyl (C=O) groups is 1. The summed E-state index contributed by atoms with van der Waals surface area (Å²) in [5, 5.41) is 9.67. The fraction of sp³-hybridized carbons (Fsp3) is 0.259. The van der Waals surface area contributed by atoms with E-state index in [1.54, 1.807) is 7.11 Å². The van der Waals surface area contributed by atoms with E-state index in [9.17, 15) is 4.79 Å². The molecule has 0 aliphatic rings. The molecule has 34 heavy (non-hydrogen) atoms. The minimum atomic E-state index is -0.210. The Labute approximate surface area is 211 Å². The van der Waals surface area contributed by atoms with Gasteiger partial charge in [0.2, 0.25) is 5.91 Å². The van der Waals surface area contributed by atoms with Crippen LogP contribution in [0.4, 0.5) is 17.1 Å². The van der Waals surface area contributed by atoms with Crippen LogP contribution in [-0.2, 0) is 4.79 Å². The summed E-state index contributed by atoms with van der Waals surface area (Å²) >= 11 is 7.01. The Morgan fingerprint density at radius 3 is 2.35 bits per heavy atom. The first-order valence-electron chi connectivity index (χ1n) is 11.3. The molecule has 0 aliphatic carbocycles. The second-order valence-electron chi connectivity index (χ2n) is 8.09. The zero-order valence-corrected chi connectivity index (χ0v) is 21.6. The summed E-state index contributed by atoms with van der Waals surface area (Å²) in [6, 6.07) is 23.5. The van der Waals surface area contributed by atoms with E-state index < -0.39 is 0 Å². The molecular weight excluding hydrogens is 462 g/mol. The summed E-state index contributed by atoms with van der Waals surface area (Å²) in [4.78, 5) is 13.9. The molecule has 3 aromatic rings. The van der Waals surface area contributed by atoms with Gasteiger partial charge in [-0.3, -0.25) is 4.79 Å². The summed E-state index contributed by atoms with van der Waals surface area (Å²) in [7, 11) is 1.62. The SMILES string of the molecule is CCC(Sc1cccc(NC(=S)Nc2ccccc2OC)c1)C(=O)Nc1ccc(C(C)C)cc1. The average molecular weight is 494 g/mol. The number of thioether (sulfide) groups is 1. The Kier molecular flexibility index (Phi) is 9.36. The first-order valence-corrected chi connectivity index (χ1v) is 12.6. The molecule has 0 bridgehead atoms. The van der Waals surface area contributed by atoms with Crippen molar-refractivity contribution in [2.75, 3.05) is 23.1 Å². The van der Waals surface area contributed by atoms with Gasteiger partial charge in [-0.25, -0.2) is 0 Å². The molecule has 178 valence electrons. The first kappa shape index (κ1) is 25.6. The zero-order chi connectivity index (χ0) is 24.5. The smallest absolute Gasteiger partial charge is 0.237 e. The van der Waals surface area contributed by atoms with E-state index in [1.807, 2.05) is 67.6 Å². The summed E-state index contributed by atoms with van der Waals surface area (Å²) in [5.41, 5.74) is 3.70. The van der Waals surface area contributed by atoms with Crippen LogP contribution in [0.25, 0.3) is 0 Å². The van der Waals surface area contributed by atoms with Gasteiger partial charge in [0.15, 0.2) is 5.11 Å². The number of thiocarbonyl (C=S) groups is 1. The zero-order valence-electron chi connectivity index (χ0n) is 19.9. The maximum Gasteiger partial charge on any atom is 0.237 e. The van der Waals surface area contributed by atoms with Crippen LogP contribution in [0.3, 0.4) is 0 Å². The van der Waals surface area contributed by atoms with Crippen LogP contribution in [0, 0.1) is 0 Å². The van der Waals surface area contributed by atoms with Crippen molar-refractivity contribution in [2.24, 2.45) is 0 Å². The Balaban J connectivity index is 1.61. The van der Waals surface area contributed by atoms with E-state index in [-0.39, 0.29) is 11.2 Å². The molecule has 0 spiro atoms. The van der Waals surface area contributed by atoms with E-state index in [0.29, 0.717) is 23.2 Å². The normalized spacial score (nSPS) is 11.6. The number of amides is 1. The van der Waals surface area contributed by atoms with Crippen LogP contribution in [0.5, 0.6) is 5.75 Å². The number of carbonyl (C=O) groups excluding carboxylic acids is 1. The van der Waals surface area contributed by atoms with Gasteiger partial charge in [-0.2, -0.15) is 0 Å². The van der Waals surface area contributed by atoms with Gasteiger partial charge in [0.25, 0.3) is 0 Å². The highest BCUT2D eigenvalue weighted by Crippen LogP contribution is 2.29. The molecule has 1 unspecified atom stereocenters. The highest BCUT2D eigenvalue weighted by atomic mass is 32.2. The number of hydrogen-bond acceptors (Lipinski definition) is 4. The Morgan fingerprint density at radius 1 is 0.941 bits per heavy atom. The van der Waals surface area contributed by atoms with E-state index in [2.05, 4.69) is 41.9 Å². The highest BCUT2D eigenvalue weighted by Gasteiger charge is 2.18. The second-order valence-corrected chi connectivity index (χ2v) is 9.77. The van der Waals surface area contributed by atoms with Crippen LogP contribution in [0.1, 0.15) is 38.7 Å². The number of methoxy groups -OCH3 is 1. The molecule has 0 fully saturated rings. The Hall–Kier alpha value is -3.03. The predicted molar refractivity (Wildman–Crippen MR) is 148 cm³/mol. The lowest BCUT2D eigenvalue weighted by Gasteiger charge is -2.17. The van der Waals surface area contributed by atoms with Crippen molar-refractivity contribution < 1.29 is 9.53 Å². The molecular formula is C27H31N3O2S2. The van der Waals surface area contributed by atoms with Gasteiger partial charge in [-0.15, -0.1) is 11.8 Å². The van der Waals surface area contributed by atoms with Crippen LogP contribution in [-0.4, -0.2) is 23.4 Å². The number of nitrogens with one attached hydrogen (secondary N) is 3. The molecule has 3 aromatic carbocycles. The molecule has 0 heterocycles. The Bertz CT molecular complexity index is 1120. The fourth-order valence-electron chi connectivity index (χ4n) is 3.34. The molecule has 0 aromatic heterocycles. The van der Waals surface area contributed by atoms with Gasteiger partial charge in [0.05, 0.1) is 18.0 Å². The molecule has 3 rings (SSSR count). The second kappa shape index (κ2) is 12.4. The van der Waals surface area contributed by atoms with Crippen LogP contribution >= 0.6 is 24.0 Å². The van der Waals surface area contributed by atoms with E-state index >= 15 is 0 Å². The van der Waals surface area contributed by atoms with E-state index in [0.717, 1.165) is 22.0 Å². The molecule has 0 aliphatic heterocycles. The number of anilines is 3. The van der Waals surface area contributed by atoms with Gasteiger partial charge in [-0.05, 0) is 72.6 Å². The topological polar surface area (TPSA) is 62.4 Å². The lowest BCUT2D eigenvalue weighted by molar-refractivity contribution is -0.115. The number of hydrogen-bond donors (Lipinski definition) is 3. The predicted octanol–water partition coefficient (Wildman–Crippen LogP) is 7.14. The molecule has 0 radical (unpaired) electrons. The van der Waals surface area contributed by atoms with Gasteiger partial charge >= 0.3 is 0 Å². The summed E-state index contributed by atoms with van der Waals surface area (Å²) < 4.78 is 5.36. The minimum absolute atomic E-state index is 0.00322. The van der Waals surface area contributed by atoms with Crippen molar-refractivity contribution >= 4 is 52.1 Å². The maximum atomic E-state index is 12.9. The maximum absolute atomic E-state index is 12.9. The number of benzene rings is 3. The van der Waals surface area contributed by atoms with Crippen molar-refractivity contribution in [3.05, 3.63) is 78.4 Å². The van der Waals surface area contributed by atoms with Crippen molar-refractivity contribution in [1.82, 2.24) is 0 Å². The highest BCUT2D eigenvalue weighted by molar-refractivity contribution is 8.00. The lowest BCUT2D eigenvalue weighted by atomic mass is 10.0. The molecule has 0 saturated heterocycles. The van der Waals surface area contributed by atoms with Crippen molar-refractivity contribution in [1.29, 1.82) is 0 Å². The first-order chi connectivity index (χ1) is 16.4. The van der Waals surface area contributed by atoms with Gasteiger partial charge < -0.3 is 20.7 Å². The van der Waals surface area contributed by atoms with Crippen LogP contribution in [0.15, 0.2) is 77.7 Å². The standard InChI is InChI=1S/C27H31N3O2S2/c1-5-25(26(31)28-20-15-13-19(14-16-20)18(2)3)34-22-10-8-9-21(17-22)29-27(33)30-23-11-6-7-12-24(23)32-4/h6-18,25H,5H2,1-4H3,(H,28,31)(H2,29,30,33). The van der Waals surface area contributed by atoms with E-state index in [1.165, 1.54) is 17.3 Å². The summed E-state index contributed by atoms with van der Waals surface area (Å²) in [5.74, 6) is 1.17. The van der Waals surface area contributed by atoms with Gasteiger partial charge in [0, 0.05) is 16.3 Å². The quantitative estimate of drug-likeness (QED) is 0.218. The molecule has 1 amide bonds. The third-order valence-electron chi connectivity index (χ3n) is 5.23. The molecule has 7 heteroatoms. The van der Waals surface area contributed by atoms with Crippen LogP contribution < -0.4 is 20.7 Å². The number of rotatable bonds is 9. The summed E-state index contributed by atoms with van der Waals surface area (Å²) in [6.07, 6.45) is 0.714. The molecule has 0 saturated carbocycles. The largest absolute Gasteiger partial charge is 0.495 e. The van der Waals surface area contributed by atoms with Crippen molar-refractivity contribution in [2.45, 2.75) is 43.3 Å². The monoisotopic (exact) mass is 493 g/mol. The average Bonchev–Trinajstić information content (AvgIpc) is 2.83. The summed E-state index contributed by atoms with van der Waals surface area (Å²) in [6.45, 7) is 6.33. The van der Waals surface area contributed by atoms with Crippen molar-refractivity contribution in [3.8, 4) is 5.75 Å². The number of para-hydroxylation sites is 2. The number of ether oxygens (including phenoxy) is 1. The minimum Gasteiger partial charge on any atom is -0.495 e. The lowest BCUT2D eigenvalue weighted by Crippen LogP contribution is -2.24. The van der Waals surface area contributed by atoms with Gasteiger partial charge in [0.1, 0.15) is 5.75 Å². The molecule has 3 N–H and O–H groups in total. The third kappa shape index (κ3) is 7.23.